The Hall–Kier alpha value is -1.65. The number of halogens is 1. The maximum atomic E-state index is 11.6. The third-order valence-corrected chi connectivity index (χ3v) is 2.86. The molecule has 0 aliphatic heterocycles. The third-order valence-electron chi connectivity index (χ3n) is 2.56. The van der Waals surface area contributed by atoms with Crippen molar-refractivity contribution in [3.8, 4) is 0 Å². The normalized spacial score (nSPS) is 10.6. The van der Waals surface area contributed by atoms with E-state index in [0.29, 0.717) is 29.1 Å². The average molecular weight is 265 g/mol. The van der Waals surface area contributed by atoms with Gasteiger partial charge in [0.1, 0.15) is 0 Å². The van der Waals surface area contributed by atoms with Gasteiger partial charge in [-0.15, -0.1) is 0 Å². The lowest BCUT2D eigenvalue weighted by Crippen LogP contribution is -2.12. The van der Waals surface area contributed by atoms with Crippen LogP contribution < -0.4 is 5.32 Å². The molecule has 2 rings (SSSR count). The summed E-state index contributed by atoms with van der Waals surface area (Å²) in [5, 5.41) is 12.8. The number of carbonyl (C=O) groups excluding carboxylic acids is 1. The lowest BCUT2D eigenvalue weighted by Gasteiger charge is -2.08. The van der Waals surface area contributed by atoms with Crippen LogP contribution in [0.2, 0.25) is 5.02 Å². The Morgan fingerprint density at radius 3 is 3.00 bits per heavy atom. The first-order valence-electron chi connectivity index (χ1n) is 5.66. The molecular formula is C13H13ClN2O2. The van der Waals surface area contributed by atoms with Crippen molar-refractivity contribution in [1.29, 1.82) is 0 Å². The fourth-order valence-corrected chi connectivity index (χ4v) is 1.91. The van der Waals surface area contributed by atoms with Gasteiger partial charge in [-0.3, -0.25) is 9.78 Å². The van der Waals surface area contributed by atoms with Crippen LogP contribution in [0.1, 0.15) is 12.8 Å². The summed E-state index contributed by atoms with van der Waals surface area (Å²) >= 11 is 6.04. The number of aliphatic hydroxyl groups is 1. The van der Waals surface area contributed by atoms with Crippen molar-refractivity contribution in [2.75, 3.05) is 11.9 Å². The van der Waals surface area contributed by atoms with E-state index in [0.717, 1.165) is 5.39 Å². The van der Waals surface area contributed by atoms with E-state index in [-0.39, 0.29) is 12.5 Å². The van der Waals surface area contributed by atoms with Gasteiger partial charge in [0.15, 0.2) is 0 Å². The van der Waals surface area contributed by atoms with Gasteiger partial charge in [-0.1, -0.05) is 11.6 Å². The highest BCUT2D eigenvalue weighted by Crippen LogP contribution is 2.28. The van der Waals surface area contributed by atoms with Gasteiger partial charge in [-0.05, 0) is 30.7 Å². The molecule has 94 valence electrons. The first-order valence-corrected chi connectivity index (χ1v) is 6.04. The average Bonchev–Trinajstić information content (AvgIpc) is 2.40. The van der Waals surface area contributed by atoms with Crippen molar-refractivity contribution < 1.29 is 9.90 Å². The minimum absolute atomic E-state index is 0.0103. The van der Waals surface area contributed by atoms with Gasteiger partial charge in [-0.25, -0.2) is 0 Å². The molecule has 0 spiro atoms. The number of pyridine rings is 1. The minimum Gasteiger partial charge on any atom is -0.396 e. The molecular weight excluding hydrogens is 252 g/mol. The Kier molecular flexibility index (Phi) is 4.12. The molecule has 18 heavy (non-hydrogen) atoms. The number of aliphatic hydroxyl groups excluding tert-OH is 1. The topological polar surface area (TPSA) is 62.2 Å². The van der Waals surface area contributed by atoms with Gasteiger partial charge >= 0.3 is 0 Å². The largest absolute Gasteiger partial charge is 0.396 e. The zero-order chi connectivity index (χ0) is 13.0. The summed E-state index contributed by atoms with van der Waals surface area (Å²) in [6.45, 7) is 0.0103. The van der Waals surface area contributed by atoms with Gasteiger partial charge < -0.3 is 10.4 Å². The smallest absolute Gasteiger partial charge is 0.224 e. The van der Waals surface area contributed by atoms with E-state index in [1.165, 1.54) is 0 Å². The van der Waals surface area contributed by atoms with E-state index >= 15 is 0 Å². The van der Waals surface area contributed by atoms with Crippen molar-refractivity contribution in [2.24, 2.45) is 0 Å². The summed E-state index contributed by atoms with van der Waals surface area (Å²) in [5.74, 6) is -0.128. The second-order valence-electron chi connectivity index (χ2n) is 3.87. The molecule has 1 amide bonds. The van der Waals surface area contributed by atoms with Crippen molar-refractivity contribution in [1.82, 2.24) is 4.98 Å². The fraction of sp³-hybridized carbons (Fsp3) is 0.231. The molecule has 1 aromatic carbocycles. The Morgan fingerprint density at radius 1 is 1.39 bits per heavy atom. The van der Waals surface area contributed by atoms with Crippen LogP contribution in [0, 0.1) is 0 Å². The molecule has 0 saturated heterocycles. The quantitative estimate of drug-likeness (QED) is 0.892. The van der Waals surface area contributed by atoms with E-state index in [4.69, 9.17) is 16.7 Å². The molecule has 4 nitrogen and oxygen atoms in total. The number of carbonyl (C=O) groups is 1. The molecule has 0 atom stereocenters. The van der Waals surface area contributed by atoms with E-state index in [1.54, 1.807) is 24.4 Å². The molecule has 0 unspecified atom stereocenters. The lowest BCUT2D eigenvalue weighted by atomic mass is 10.1. The summed E-state index contributed by atoms with van der Waals surface area (Å²) in [7, 11) is 0. The second kappa shape index (κ2) is 5.80. The molecule has 0 fully saturated rings. The third kappa shape index (κ3) is 2.78. The van der Waals surface area contributed by atoms with Crippen molar-refractivity contribution in [2.45, 2.75) is 12.8 Å². The van der Waals surface area contributed by atoms with Gasteiger partial charge in [-0.2, -0.15) is 0 Å². The molecule has 5 heteroatoms. The number of amides is 1. The number of hydrogen-bond acceptors (Lipinski definition) is 3. The minimum atomic E-state index is -0.128. The second-order valence-corrected chi connectivity index (χ2v) is 4.28. The SMILES string of the molecule is O=C(CCCO)Nc1ccc(Cl)c2ncccc12. The van der Waals surface area contributed by atoms with Crippen LogP contribution in [0.5, 0.6) is 0 Å². The Bertz CT molecular complexity index is 572. The molecule has 0 radical (unpaired) electrons. The standard InChI is InChI=1S/C13H13ClN2O2/c14-10-5-6-11(16-12(18)4-2-8-17)9-3-1-7-15-13(9)10/h1,3,5-7,17H,2,4,8H2,(H,16,18). The predicted molar refractivity (Wildman–Crippen MR) is 71.7 cm³/mol. The van der Waals surface area contributed by atoms with Crippen LogP contribution in [0.4, 0.5) is 5.69 Å². The number of anilines is 1. The Balaban J connectivity index is 2.29. The maximum absolute atomic E-state index is 11.6. The van der Waals surface area contributed by atoms with Crippen molar-refractivity contribution >= 4 is 34.1 Å². The monoisotopic (exact) mass is 264 g/mol. The molecule has 1 heterocycles. The number of hydrogen-bond donors (Lipinski definition) is 2. The Labute approximate surface area is 110 Å². The highest BCUT2D eigenvalue weighted by atomic mass is 35.5. The van der Waals surface area contributed by atoms with E-state index in [9.17, 15) is 4.79 Å². The summed E-state index contributed by atoms with van der Waals surface area (Å²) in [5.41, 5.74) is 1.35. The molecule has 0 aliphatic rings. The van der Waals surface area contributed by atoms with Crippen LogP contribution in [-0.2, 0) is 4.79 Å². The Morgan fingerprint density at radius 2 is 2.22 bits per heavy atom. The van der Waals surface area contributed by atoms with Crippen LogP contribution in [0.25, 0.3) is 10.9 Å². The van der Waals surface area contributed by atoms with Crippen LogP contribution in [-0.4, -0.2) is 22.6 Å². The molecule has 0 aliphatic carbocycles. The summed E-state index contributed by atoms with van der Waals surface area (Å²) in [6, 6.07) is 7.11. The number of nitrogens with one attached hydrogen (secondary N) is 1. The molecule has 2 aromatic rings. The summed E-state index contributed by atoms with van der Waals surface area (Å²) in [6.07, 6.45) is 2.40. The predicted octanol–water partition coefficient (Wildman–Crippen LogP) is 2.60. The van der Waals surface area contributed by atoms with Gasteiger partial charge in [0, 0.05) is 24.6 Å². The van der Waals surface area contributed by atoms with E-state index in [2.05, 4.69) is 10.3 Å². The molecule has 0 bridgehead atoms. The number of rotatable bonds is 4. The number of benzene rings is 1. The lowest BCUT2D eigenvalue weighted by molar-refractivity contribution is -0.116. The van der Waals surface area contributed by atoms with Gasteiger partial charge in [0.05, 0.1) is 16.2 Å². The first kappa shape index (κ1) is 12.8. The summed E-state index contributed by atoms with van der Waals surface area (Å²) in [4.78, 5) is 15.8. The highest BCUT2D eigenvalue weighted by molar-refractivity contribution is 6.35. The number of fused-ring (bicyclic) bond motifs is 1. The summed E-state index contributed by atoms with van der Waals surface area (Å²) < 4.78 is 0. The fourth-order valence-electron chi connectivity index (χ4n) is 1.70. The van der Waals surface area contributed by atoms with E-state index in [1.807, 2.05) is 6.07 Å². The molecule has 2 N–H and O–H groups in total. The molecule has 1 aromatic heterocycles. The van der Waals surface area contributed by atoms with Crippen LogP contribution >= 0.6 is 11.6 Å². The van der Waals surface area contributed by atoms with E-state index < -0.39 is 0 Å². The maximum Gasteiger partial charge on any atom is 0.224 e. The molecule has 0 saturated carbocycles. The highest BCUT2D eigenvalue weighted by Gasteiger charge is 2.08. The number of aromatic nitrogens is 1. The van der Waals surface area contributed by atoms with Gasteiger partial charge in [0.2, 0.25) is 5.91 Å². The zero-order valence-electron chi connectivity index (χ0n) is 9.69. The van der Waals surface area contributed by atoms with Crippen LogP contribution in [0.15, 0.2) is 30.5 Å². The van der Waals surface area contributed by atoms with Crippen molar-refractivity contribution in [3.05, 3.63) is 35.5 Å². The van der Waals surface area contributed by atoms with Crippen LogP contribution in [0.3, 0.4) is 0 Å². The van der Waals surface area contributed by atoms with Crippen molar-refractivity contribution in [3.63, 3.8) is 0 Å². The van der Waals surface area contributed by atoms with Gasteiger partial charge in [0.25, 0.3) is 0 Å². The number of nitrogens with zero attached hydrogens (tertiary/aromatic N) is 1. The zero-order valence-corrected chi connectivity index (χ0v) is 10.4. The first-order chi connectivity index (χ1) is 8.72.